The van der Waals surface area contributed by atoms with E-state index in [1.165, 1.54) is 6.07 Å². The largest absolute Gasteiger partial charge is 0.481 e. The van der Waals surface area contributed by atoms with Crippen molar-refractivity contribution in [3.05, 3.63) is 35.0 Å². The molecule has 2 N–H and O–H groups in total. The number of hydrogen-bond donors (Lipinski definition) is 2. The zero-order valence-electron chi connectivity index (χ0n) is 17.8. The Hall–Kier alpha value is -2.02. The second-order valence-corrected chi connectivity index (χ2v) is 9.97. The molecule has 2 fully saturated rings. The Bertz CT molecular complexity index is 1010. The molecule has 3 atom stereocenters. The van der Waals surface area contributed by atoms with Crippen LogP contribution in [0.2, 0.25) is 0 Å². The smallest absolute Gasteiger partial charge is 0.416 e. The van der Waals surface area contributed by atoms with Gasteiger partial charge in [0.25, 0.3) is 0 Å². The van der Waals surface area contributed by atoms with Gasteiger partial charge in [0.1, 0.15) is 0 Å². The van der Waals surface area contributed by atoms with Gasteiger partial charge in [0, 0.05) is 23.1 Å². The van der Waals surface area contributed by atoms with E-state index >= 15 is 0 Å². The van der Waals surface area contributed by atoms with Crippen LogP contribution >= 0.6 is 0 Å². The second-order valence-electron chi connectivity index (χ2n) is 9.97. The number of aromatic amines is 1. The van der Waals surface area contributed by atoms with Gasteiger partial charge in [0.2, 0.25) is 0 Å². The summed E-state index contributed by atoms with van der Waals surface area (Å²) >= 11 is 0. The molecule has 1 aliphatic heterocycles. The Kier molecular flexibility index (Phi) is 4.88. The number of aliphatic carboxylic acids is 1. The molecule has 2 heterocycles. The van der Waals surface area contributed by atoms with Crippen LogP contribution in [-0.2, 0) is 17.4 Å². The summed E-state index contributed by atoms with van der Waals surface area (Å²) in [6, 6.07) is 4.01. The van der Waals surface area contributed by atoms with Crippen molar-refractivity contribution in [2.24, 2.45) is 17.3 Å². The van der Waals surface area contributed by atoms with Crippen LogP contribution < -0.4 is 0 Å². The first-order valence-corrected chi connectivity index (χ1v) is 11.4. The van der Waals surface area contributed by atoms with Crippen molar-refractivity contribution in [1.82, 2.24) is 9.88 Å². The molecular formula is C24H29F3N2O2. The van der Waals surface area contributed by atoms with Crippen LogP contribution in [0.25, 0.3) is 10.9 Å². The first kappa shape index (κ1) is 20.9. The second kappa shape index (κ2) is 7.26. The Labute approximate surface area is 179 Å². The number of nitrogens with zero attached hydrogens (tertiary/aromatic N) is 1. The van der Waals surface area contributed by atoms with Gasteiger partial charge >= 0.3 is 12.1 Å². The number of benzene rings is 1. The van der Waals surface area contributed by atoms with E-state index < -0.39 is 23.1 Å². The van der Waals surface area contributed by atoms with Gasteiger partial charge in [-0.3, -0.25) is 4.79 Å². The summed E-state index contributed by atoms with van der Waals surface area (Å²) in [6.45, 7) is 4.81. The third-order valence-corrected chi connectivity index (χ3v) is 8.37. The number of likely N-dealkylation sites (tertiary alicyclic amines) is 1. The van der Waals surface area contributed by atoms with Crippen LogP contribution in [0.15, 0.2) is 18.2 Å². The van der Waals surface area contributed by atoms with Gasteiger partial charge in [0.05, 0.1) is 11.0 Å². The number of halogens is 3. The van der Waals surface area contributed by atoms with Crippen LogP contribution in [0.1, 0.15) is 61.8 Å². The first-order valence-electron chi connectivity index (χ1n) is 11.4. The summed E-state index contributed by atoms with van der Waals surface area (Å²) < 4.78 is 39.9. The highest BCUT2D eigenvalue weighted by atomic mass is 19.4. The van der Waals surface area contributed by atoms with Crippen molar-refractivity contribution >= 4 is 16.9 Å². The molecule has 1 aromatic heterocycles. The molecule has 1 saturated heterocycles. The van der Waals surface area contributed by atoms with Crippen molar-refractivity contribution in [2.75, 3.05) is 19.6 Å². The van der Waals surface area contributed by atoms with Gasteiger partial charge in [-0.05, 0) is 86.7 Å². The van der Waals surface area contributed by atoms with Crippen molar-refractivity contribution in [2.45, 2.75) is 57.5 Å². The number of rotatable bonds is 4. The third kappa shape index (κ3) is 3.45. The Morgan fingerprint density at radius 3 is 2.74 bits per heavy atom. The van der Waals surface area contributed by atoms with Crippen LogP contribution in [0.3, 0.4) is 0 Å². The molecule has 2 aliphatic carbocycles. The van der Waals surface area contributed by atoms with Gasteiger partial charge in [-0.15, -0.1) is 0 Å². The van der Waals surface area contributed by atoms with Gasteiger partial charge in [-0.25, -0.2) is 0 Å². The zero-order valence-corrected chi connectivity index (χ0v) is 17.8. The van der Waals surface area contributed by atoms with Crippen LogP contribution in [-0.4, -0.2) is 40.6 Å². The van der Waals surface area contributed by atoms with Crippen molar-refractivity contribution in [3.63, 3.8) is 0 Å². The molecule has 0 radical (unpaired) electrons. The number of hydrogen-bond acceptors (Lipinski definition) is 2. The normalized spacial score (nSPS) is 28.1. The molecule has 1 aromatic carbocycles. The van der Waals surface area contributed by atoms with E-state index in [4.69, 9.17) is 0 Å². The number of nitrogens with one attached hydrogen (secondary N) is 1. The van der Waals surface area contributed by atoms with E-state index in [9.17, 15) is 23.1 Å². The summed E-state index contributed by atoms with van der Waals surface area (Å²) in [5.74, 6) is 0.414. The van der Waals surface area contributed by atoms with E-state index in [0.29, 0.717) is 23.6 Å². The Morgan fingerprint density at radius 1 is 1.32 bits per heavy atom. The number of alkyl halides is 3. The number of aromatic nitrogens is 1. The zero-order chi connectivity index (χ0) is 22.0. The first-order chi connectivity index (χ1) is 14.7. The number of carbonyl (C=O) groups is 1. The van der Waals surface area contributed by atoms with Gasteiger partial charge in [-0.1, -0.05) is 13.3 Å². The lowest BCUT2D eigenvalue weighted by atomic mass is 9.66. The molecule has 0 unspecified atom stereocenters. The Morgan fingerprint density at radius 2 is 2.10 bits per heavy atom. The van der Waals surface area contributed by atoms with E-state index in [-0.39, 0.29) is 5.92 Å². The number of piperidine rings is 1. The summed E-state index contributed by atoms with van der Waals surface area (Å²) in [5.41, 5.74) is 1.79. The number of carboxylic acids is 1. The SMILES string of the molecule is C[C@H]1c2c([nH]c3ccc(C(F)(F)F)cc23)C[C@H]2CCN(CCC3(C(=O)O)CCC3)C[C@@H]21. The average Bonchev–Trinajstić information content (AvgIpc) is 3.04. The fourth-order valence-corrected chi connectivity index (χ4v) is 6.27. The minimum Gasteiger partial charge on any atom is -0.481 e. The molecule has 4 nitrogen and oxygen atoms in total. The molecule has 0 bridgehead atoms. The molecule has 0 spiro atoms. The number of carboxylic acid groups (broad SMARTS) is 1. The van der Waals surface area contributed by atoms with E-state index in [1.807, 2.05) is 0 Å². The van der Waals surface area contributed by atoms with Crippen LogP contribution in [0, 0.1) is 17.3 Å². The fourth-order valence-electron chi connectivity index (χ4n) is 6.27. The number of H-pyrrole nitrogens is 1. The van der Waals surface area contributed by atoms with Gasteiger partial charge in [0.15, 0.2) is 0 Å². The fraction of sp³-hybridized carbons (Fsp3) is 0.625. The van der Waals surface area contributed by atoms with Crippen molar-refractivity contribution < 1.29 is 23.1 Å². The van der Waals surface area contributed by atoms with E-state index in [2.05, 4.69) is 16.8 Å². The molecule has 168 valence electrons. The maximum Gasteiger partial charge on any atom is 0.416 e. The molecule has 7 heteroatoms. The quantitative estimate of drug-likeness (QED) is 0.675. The lowest BCUT2D eigenvalue weighted by Gasteiger charge is -2.46. The summed E-state index contributed by atoms with van der Waals surface area (Å²) in [4.78, 5) is 17.5. The summed E-state index contributed by atoms with van der Waals surface area (Å²) in [7, 11) is 0. The third-order valence-electron chi connectivity index (χ3n) is 8.37. The average molecular weight is 435 g/mol. The van der Waals surface area contributed by atoms with Crippen LogP contribution in [0.5, 0.6) is 0 Å². The molecule has 0 amide bonds. The molecule has 2 aromatic rings. The van der Waals surface area contributed by atoms with Crippen LogP contribution in [0.4, 0.5) is 13.2 Å². The lowest BCUT2D eigenvalue weighted by molar-refractivity contribution is -0.155. The predicted octanol–water partition coefficient (Wildman–Crippen LogP) is 5.43. The van der Waals surface area contributed by atoms with Crippen molar-refractivity contribution in [3.8, 4) is 0 Å². The lowest BCUT2D eigenvalue weighted by Crippen LogP contribution is -2.47. The van der Waals surface area contributed by atoms with Gasteiger partial charge < -0.3 is 15.0 Å². The predicted molar refractivity (Wildman–Crippen MR) is 112 cm³/mol. The highest BCUT2D eigenvalue weighted by molar-refractivity contribution is 5.86. The van der Waals surface area contributed by atoms with Crippen molar-refractivity contribution in [1.29, 1.82) is 0 Å². The van der Waals surface area contributed by atoms with E-state index in [0.717, 1.165) is 74.6 Å². The monoisotopic (exact) mass is 434 g/mol. The summed E-state index contributed by atoms with van der Waals surface area (Å²) in [6.07, 6.45) is 0.837. The maximum absolute atomic E-state index is 13.3. The standard InChI is InChI=1S/C24H29F3N2O2/c1-14-18-13-29(10-8-23(22(30)31)6-2-7-23)9-5-15(18)11-20-21(14)17-12-16(24(25,26)27)3-4-19(17)28-20/h3-4,12,14-15,18,28H,2,5-11,13H2,1H3,(H,30,31)/t14-,15-,18-/m1/s1. The van der Waals surface area contributed by atoms with E-state index in [1.54, 1.807) is 6.07 Å². The maximum atomic E-state index is 13.3. The number of fused-ring (bicyclic) bond motifs is 4. The molecule has 31 heavy (non-hydrogen) atoms. The van der Waals surface area contributed by atoms with Gasteiger partial charge in [-0.2, -0.15) is 13.2 Å². The molecule has 1 saturated carbocycles. The molecular weight excluding hydrogens is 405 g/mol. The Balaban J connectivity index is 1.37. The highest BCUT2D eigenvalue weighted by Gasteiger charge is 2.45. The molecule has 3 aliphatic rings. The topological polar surface area (TPSA) is 56.3 Å². The minimum absolute atomic E-state index is 0.172. The highest BCUT2D eigenvalue weighted by Crippen LogP contribution is 2.48. The minimum atomic E-state index is -4.35. The molecule has 5 rings (SSSR count). The summed E-state index contributed by atoms with van der Waals surface area (Å²) in [5, 5.41) is 10.3.